The maximum Gasteiger partial charge on any atom is 0.224 e. The Labute approximate surface area is 150 Å². The lowest BCUT2D eigenvalue weighted by Crippen LogP contribution is -2.52. The molecular formula is C20H30N2O3. The molecule has 0 spiro atoms. The Balaban J connectivity index is 1.58. The number of amides is 1. The van der Waals surface area contributed by atoms with Gasteiger partial charge in [-0.3, -0.25) is 9.69 Å². The Bertz CT molecular complexity index is 555. The minimum Gasteiger partial charge on any atom is -0.497 e. The maximum atomic E-state index is 12.5. The molecule has 1 aliphatic carbocycles. The van der Waals surface area contributed by atoms with E-state index in [9.17, 15) is 9.90 Å². The summed E-state index contributed by atoms with van der Waals surface area (Å²) in [4.78, 5) is 14.9. The lowest BCUT2D eigenvalue weighted by molar-refractivity contribution is -0.122. The van der Waals surface area contributed by atoms with Crippen LogP contribution in [0.25, 0.3) is 0 Å². The van der Waals surface area contributed by atoms with Crippen molar-refractivity contribution in [3.05, 3.63) is 29.8 Å². The lowest BCUT2D eigenvalue weighted by atomic mass is 10.00. The van der Waals surface area contributed by atoms with Crippen LogP contribution < -0.4 is 10.1 Å². The summed E-state index contributed by atoms with van der Waals surface area (Å²) >= 11 is 0. The summed E-state index contributed by atoms with van der Waals surface area (Å²) in [6.45, 7) is 2.16. The van der Waals surface area contributed by atoms with Crippen molar-refractivity contribution in [1.82, 2.24) is 10.2 Å². The number of ether oxygens (including phenoxy) is 1. The Morgan fingerprint density at radius 3 is 2.52 bits per heavy atom. The van der Waals surface area contributed by atoms with E-state index >= 15 is 0 Å². The number of carbonyl (C=O) groups excluding carboxylic acids is 1. The third kappa shape index (κ3) is 4.73. The van der Waals surface area contributed by atoms with E-state index in [-0.39, 0.29) is 18.0 Å². The first-order chi connectivity index (χ1) is 12.2. The Morgan fingerprint density at radius 1 is 1.16 bits per heavy atom. The minimum atomic E-state index is -0.472. The predicted molar refractivity (Wildman–Crippen MR) is 97.7 cm³/mol. The van der Waals surface area contributed by atoms with E-state index in [1.165, 1.54) is 12.8 Å². The van der Waals surface area contributed by atoms with Crippen LogP contribution in [0.15, 0.2) is 24.3 Å². The molecule has 3 rings (SSSR count). The minimum absolute atomic E-state index is 0.0173. The van der Waals surface area contributed by atoms with E-state index in [0.29, 0.717) is 6.42 Å². The number of hydrogen-bond acceptors (Lipinski definition) is 4. The summed E-state index contributed by atoms with van der Waals surface area (Å²) in [5.74, 6) is 0.771. The SMILES string of the molecule is COc1ccc(CC(=O)N[C@@H]2CCCC[C@@H](N3CCCC3)[C@@H]2O)cc1. The van der Waals surface area contributed by atoms with E-state index < -0.39 is 6.10 Å². The van der Waals surface area contributed by atoms with Crippen LogP contribution in [0.3, 0.4) is 0 Å². The fourth-order valence-corrected chi connectivity index (χ4v) is 4.14. The van der Waals surface area contributed by atoms with Crippen molar-refractivity contribution in [2.24, 2.45) is 0 Å². The van der Waals surface area contributed by atoms with Crippen molar-refractivity contribution in [3.8, 4) is 5.75 Å². The van der Waals surface area contributed by atoms with Gasteiger partial charge in [-0.25, -0.2) is 0 Å². The number of benzene rings is 1. The van der Waals surface area contributed by atoms with Gasteiger partial charge in [0.2, 0.25) is 5.91 Å². The van der Waals surface area contributed by atoms with E-state index in [0.717, 1.165) is 50.1 Å². The Kier molecular flexibility index (Phi) is 6.32. The van der Waals surface area contributed by atoms with Crippen LogP contribution in [0, 0.1) is 0 Å². The highest BCUT2D eigenvalue weighted by atomic mass is 16.5. The summed E-state index contributed by atoms with van der Waals surface area (Å²) in [5.41, 5.74) is 0.956. The maximum absolute atomic E-state index is 12.5. The van der Waals surface area contributed by atoms with Gasteiger partial charge < -0.3 is 15.2 Å². The van der Waals surface area contributed by atoms with E-state index in [1.807, 2.05) is 24.3 Å². The van der Waals surface area contributed by atoms with Crippen LogP contribution in [0.1, 0.15) is 44.1 Å². The normalized spacial score (nSPS) is 27.7. The van der Waals surface area contributed by atoms with Gasteiger partial charge in [0.05, 0.1) is 25.7 Å². The van der Waals surface area contributed by atoms with Gasteiger partial charge in [-0.2, -0.15) is 0 Å². The molecule has 0 radical (unpaired) electrons. The molecule has 1 saturated heterocycles. The fraction of sp³-hybridized carbons (Fsp3) is 0.650. The van der Waals surface area contributed by atoms with E-state index in [1.54, 1.807) is 7.11 Å². The van der Waals surface area contributed by atoms with Crippen LogP contribution >= 0.6 is 0 Å². The van der Waals surface area contributed by atoms with Gasteiger partial charge in [-0.15, -0.1) is 0 Å². The number of rotatable bonds is 5. The third-order valence-electron chi connectivity index (χ3n) is 5.55. The second-order valence-corrected chi connectivity index (χ2v) is 7.28. The number of nitrogens with one attached hydrogen (secondary N) is 1. The van der Waals surface area contributed by atoms with Gasteiger partial charge in [0, 0.05) is 6.04 Å². The zero-order valence-electron chi connectivity index (χ0n) is 15.1. The van der Waals surface area contributed by atoms with Gasteiger partial charge in [-0.05, 0) is 56.5 Å². The highest BCUT2D eigenvalue weighted by molar-refractivity contribution is 5.79. The van der Waals surface area contributed by atoms with Gasteiger partial charge >= 0.3 is 0 Å². The fourth-order valence-electron chi connectivity index (χ4n) is 4.14. The quantitative estimate of drug-likeness (QED) is 0.802. The summed E-state index contributed by atoms with van der Waals surface area (Å²) < 4.78 is 5.15. The largest absolute Gasteiger partial charge is 0.497 e. The zero-order chi connectivity index (χ0) is 17.6. The molecule has 0 aromatic heterocycles. The van der Waals surface area contributed by atoms with Crippen molar-refractivity contribution in [1.29, 1.82) is 0 Å². The number of likely N-dealkylation sites (tertiary alicyclic amines) is 1. The molecule has 3 atom stereocenters. The molecule has 1 aliphatic heterocycles. The molecule has 2 aliphatic rings. The van der Waals surface area contributed by atoms with E-state index in [4.69, 9.17) is 4.74 Å². The summed E-state index contributed by atoms with van der Waals surface area (Å²) in [7, 11) is 1.63. The molecule has 5 heteroatoms. The molecule has 0 unspecified atom stereocenters. The number of aliphatic hydroxyl groups is 1. The highest BCUT2D eigenvalue weighted by Crippen LogP contribution is 2.26. The molecule has 138 valence electrons. The topological polar surface area (TPSA) is 61.8 Å². The molecule has 1 aromatic rings. The Morgan fingerprint density at radius 2 is 1.84 bits per heavy atom. The molecule has 1 saturated carbocycles. The third-order valence-corrected chi connectivity index (χ3v) is 5.55. The number of aliphatic hydroxyl groups excluding tert-OH is 1. The Hall–Kier alpha value is -1.59. The monoisotopic (exact) mass is 346 g/mol. The molecule has 2 N–H and O–H groups in total. The van der Waals surface area contributed by atoms with Crippen LogP contribution in [0.5, 0.6) is 5.75 Å². The standard InChI is InChI=1S/C20H30N2O3/c1-25-16-10-8-15(9-11-16)14-19(23)21-17-6-2-3-7-18(20(17)24)22-12-4-5-13-22/h8-11,17-18,20,24H,2-7,12-14H2,1H3,(H,21,23)/t17-,18-,20-/m1/s1. The van der Waals surface area contributed by atoms with Crippen LogP contribution in [0.2, 0.25) is 0 Å². The molecule has 1 amide bonds. The molecule has 2 fully saturated rings. The van der Waals surface area contributed by atoms with E-state index in [2.05, 4.69) is 10.2 Å². The molecule has 5 nitrogen and oxygen atoms in total. The summed E-state index contributed by atoms with van der Waals surface area (Å²) in [6.07, 6.45) is 6.39. The van der Waals surface area contributed by atoms with Gasteiger partial charge in [0.1, 0.15) is 5.75 Å². The zero-order valence-corrected chi connectivity index (χ0v) is 15.1. The lowest BCUT2D eigenvalue weighted by Gasteiger charge is -2.34. The van der Waals surface area contributed by atoms with Crippen molar-refractivity contribution >= 4 is 5.91 Å². The number of carbonyl (C=O) groups is 1. The second-order valence-electron chi connectivity index (χ2n) is 7.28. The van der Waals surface area contributed by atoms with Crippen LogP contribution in [0.4, 0.5) is 0 Å². The average Bonchev–Trinajstić information content (AvgIpc) is 3.09. The first-order valence-corrected chi connectivity index (χ1v) is 9.52. The van der Waals surface area contributed by atoms with Crippen molar-refractivity contribution < 1.29 is 14.6 Å². The summed E-state index contributed by atoms with van der Waals surface area (Å²) in [5, 5.41) is 14.0. The second kappa shape index (κ2) is 8.68. The van der Waals surface area contributed by atoms with Crippen LogP contribution in [-0.2, 0) is 11.2 Å². The molecule has 25 heavy (non-hydrogen) atoms. The predicted octanol–water partition coefficient (Wildman–Crippen LogP) is 2.12. The molecule has 0 bridgehead atoms. The van der Waals surface area contributed by atoms with Crippen molar-refractivity contribution in [2.45, 2.75) is 63.1 Å². The number of hydrogen-bond donors (Lipinski definition) is 2. The van der Waals surface area contributed by atoms with Gasteiger partial charge in [-0.1, -0.05) is 25.0 Å². The summed E-state index contributed by atoms with van der Waals surface area (Å²) in [6, 6.07) is 7.61. The highest BCUT2D eigenvalue weighted by Gasteiger charge is 2.35. The van der Waals surface area contributed by atoms with Gasteiger partial charge in [0.15, 0.2) is 0 Å². The number of nitrogens with zero attached hydrogens (tertiary/aromatic N) is 1. The first kappa shape index (κ1) is 18.2. The number of methoxy groups -OCH3 is 1. The van der Waals surface area contributed by atoms with Gasteiger partial charge in [0.25, 0.3) is 0 Å². The average molecular weight is 346 g/mol. The molecule has 1 heterocycles. The molecular weight excluding hydrogens is 316 g/mol. The first-order valence-electron chi connectivity index (χ1n) is 9.52. The van der Waals surface area contributed by atoms with Crippen LogP contribution in [-0.4, -0.2) is 54.3 Å². The molecule has 1 aromatic carbocycles. The van der Waals surface area contributed by atoms with Crippen molar-refractivity contribution in [2.75, 3.05) is 20.2 Å². The van der Waals surface area contributed by atoms with Crippen molar-refractivity contribution in [3.63, 3.8) is 0 Å². The smallest absolute Gasteiger partial charge is 0.224 e.